The highest BCUT2D eigenvalue weighted by Gasteiger charge is 2.14. The van der Waals surface area contributed by atoms with Gasteiger partial charge >= 0.3 is 0 Å². The van der Waals surface area contributed by atoms with E-state index in [4.69, 9.17) is 4.74 Å². The number of nitrogens with zero attached hydrogens (tertiary/aromatic N) is 3. The molecule has 0 saturated carbocycles. The van der Waals surface area contributed by atoms with E-state index in [1.807, 2.05) is 6.92 Å². The molecule has 7 heteroatoms. The van der Waals surface area contributed by atoms with Crippen LogP contribution in [0.5, 0.6) is 5.88 Å². The molecule has 0 atom stereocenters. The Hall–Kier alpha value is -2.02. The Morgan fingerprint density at radius 3 is 3.18 bits per heavy atom. The van der Waals surface area contributed by atoms with Gasteiger partial charge in [-0.15, -0.1) is 10.2 Å². The minimum atomic E-state index is -0.307. The Labute approximate surface area is 102 Å². The first-order valence-electron chi connectivity index (χ1n) is 4.96. The van der Waals surface area contributed by atoms with E-state index in [0.717, 1.165) is 0 Å². The summed E-state index contributed by atoms with van der Waals surface area (Å²) in [6, 6.07) is 3.33. The third-order valence-corrected chi connectivity index (χ3v) is 2.48. The van der Waals surface area contributed by atoms with E-state index in [1.54, 1.807) is 23.8 Å². The standard InChI is InChI=1S/C10H10N4O2S/c1-2-16-9-7(4-3-5-11-9)8(15)13-10-14-12-6-17-10/h3-6H,2H2,1H3,(H,13,14,15). The van der Waals surface area contributed by atoms with Crippen molar-refractivity contribution in [3.63, 3.8) is 0 Å². The van der Waals surface area contributed by atoms with Crippen LogP contribution in [0.2, 0.25) is 0 Å². The molecular weight excluding hydrogens is 240 g/mol. The molecule has 0 aliphatic rings. The molecule has 0 saturated heterocycles. The summed E-state index contributed by atoms with van der Waals surface area (Å²) < 4.78 is 5.27. The first-order chi connectivity index (χ1) is 8.31. The SMILES string of the molecule is CCOc1ncccc1C(=O)Nc1nncs1. The monoisotopic (exact) mass is 250 g/mol. The van der Waals surface area contributed by atoms with Gasteiger partial charge in [-0.2, -0.15) is 0 Å². The first kappa shape index (κ1) is 11.5. The predicted molar refractivity (Wildman–Crippen MR) is 63.3 cm³/mol. The fourth-order valence-corrected chi connectivity index (χ4v) is 1.65. The molecule has 88 valence electrons. The van der Waals surface area contributed by atoms with Crippen molar-refractivity contribution in [1.82, 2.24) is 15.2 Å². The normalized spacial score (nSPS) is 9.94. The summed E-state index contributed by atoms with van der Waals surface area (Å²) in [6.07, 6.45) is 1.58. The van der Waals surface area contributed by atoms with Crippen LogP contribution in [0.25, 0.3) is 0 Å². The Morgan fingerprint density at radius 2 is 2.47 bits per heavy atom. The molecule has 0 bridgehead atoms. The van der Waals surface area contributed by atoms with Gasteiger partial charge in [-0.05, 0) is 19.1 Å². The molecule has 0 radical (unpaired) electrons. The molecule has 2 heterocycles. The van der Waals surface area contributed by atoms with Gasteiger partial charge < -0.3 is 4.74 Å². The number of nitrogens with one attached hydrogen (secondary N) is 1. The van der Waals surface area contributed by atoms with Gasteiger partial charge in [0.05, 0.1) is 6.61 Å². The fraction of sp³-hybridized carbons (Fsp3) is 0.200. The lowest BCUT2D eigenvalue weighted by Crippen LogP contribution is -2.14. The second-order valence-electron chi connectivity index (χ2n) is 2.99. The minimum absolute atomic E-state index is 0.307. The van der Waals surface area contributed by atoms with Crippen molar-refractivity contribution < 1.29 is 9.53 Å². The van der Waals surface area contributed by atoms with Crippen molar-refractivity contribution in [2.75, 3.05) is 11.9 Å². The zero-order valence-electron chi connectivity index (χ0n) is 9.08. The van der Waals surface area contributed by atoms with Crippen LogP contribution in [0.3, 0.4) is 0 Å². The molecule has 17 heavy (non-hydrogen) atoms. The van der Waals surface area contributed by atoms with Crippen molar-refractivity contribution in [2.45, 2.75) is 6.92 Å². The third kappa shape index (κ3) is 2.76. The number of ether oxygens (including phenoxy) is 1. The molecular formula is C10H10N4O2S. The van der Waals surface area contributed by atoms with Crippen molar-refractivity contribution in [3.8, 4) is 5.88 Å². The number of amides is 1. The summed E-state index contributed by atoms with van der Waals surface area (Å²) in [7, 11) is 0. The van der Waals surface area contributed by atoms with Crippen LogP contribution in [0.1, 0.15) is 17.3 Å². The maximum Gasteiger partial charge on any atom is 0.262 e. The number of hydrogen-bond donors (Lipinski definition) is 1. The molecule has 0 fully saturated rings. The molecule has 0 aliphatic heterocycles. The number of hydrogen-bond acceptors (Lipinski definition) is 6. The summed E-state index contributed by atoms with van der Waals surface area (Å²) in [5.74, 6) is 0.00955. The van der Waals surface area contributed by atoms with Gasteiger partial charge in [-0.1, -0.05) is 11.3 Å². The van der Waals surface area contributed by atoms with Crippen LogP contribution in [0, 0.1) is 0 Å². The van der Waals surface area contributed by atoms with Crippen LogP contribution >= 0.6 is 11.3 Å². The average molecular weight is 250 g/mol. The number of pyridine rings is 1. The molecule has 0 aliphatic carbocycles. The smallest absolute Gasteiger partial charge is 0.262 e. The fourth-order valence-electron chi connectivity index (χ4n) is 1.21. The van der Waals surface area contributed by atoms with Crippen molar-refractivity contribution in [3.05, 3.63) is 29.4 Å². The topological polar surface area (TPSA) is 77.0 Å². The first-order valence-corrected chi connectivity index (χ1v) is 5.84. The van der Waals surface area contributed by atoms with E-state index >= 15 is 0 Å². The number of carbonyl (C=O) groups excluding carboxylic acids is 1. The Balaban J connectivity index is 2.18. The molecule has 0 spiro atoms. The summed E-state index contributed by atoms with van der Waals surface area (Å²) in [6.45, 7) is 2.29. The largest absolute Gasteiger partial charge is 0.477 e. The molecule has 0 unspecified atom stereocenters. The van der Waals surface area contributed by atoms with Crippen LogP contribution in [0.4, 0.5) is 5.13 Å². The molecule has 1 amide bonds. The van der Waals surface area contributed by atoms with E-state index < -0.39 is 0 Å². The maximum atomic E-state index is 11.9. The summed E-state index contributed by atoms with van der Waals surface area (Å²) in [5.41, 5.74) is 1.92. The number of aromatic nitrogens is 3. The van der Waals surface area contributed by atoms with Gasteiger partial charge in [0.2, 0.25) is 11.0 Å². The van der Waals surface area contributed by atoms with Crippen molar-refractivity contribution in [1.29, 1.82) is 0 Å². The quantitative estimate of drug-likeness (QED) is 0.891. The van der Waals surface area contributed by atoms with Gasteiger partial charge in [0.1, 0.15) is 11.1 Å². The van der Waals surface area contributed by atoms with Gasteiger partial charge in [0.25, 0.3) is 5.91 Å². The lowest BCUT2D eigenvalue weighted by Gasteiger charge is -2.07. The second kappa shape index (κ2) is 5.35. The maximum absolute atomic E-state index is 11.9. The van der Waals surface area contributed by atoms with Gasteiger partial charge in [0.15, 0.2) is 0 Å². The number of anilines is 1. The molecule has 2 aromatic heterocycles. The molecule has 0 aromatic carbocycles. The van der Waals surface area contributed by atoms with Gasteiger partial charge in [-0.3, -0.25) is 10.1 Å². The van der Waals surface area contributed by atoms with Crippen LogP contribution in [0.15, 0.2) is 23.8 Å². The summed E-state index contributed by atoms with van der Waals surface area (Å²) in [4.78, 5) is 15.9. The van der Waals surface area contributed by atoms with E-state index in [-0.39, 0.29) is 5.91 Å². The highest BCUT2D eigenvalue weighted by molar-refractivity contribution is 7.13. The van der Waals surface area contributed by atoms with E-state index in [0.29, 0.717) is 23.2 Å². The Kier molecular flexibility index (Phi) is 3.61. The summed E-state index contributed by atoms with van der Waals surface area (Å²) >= 11 is 1.25. The Bertz CT molecular complexity index is 501. The van der Waals surface area contributed by atoms with E-state index in [2.05, 4.69) is 20.5 Å². The molecule has 2 aromatic rings. The third-order valence-electron chi connectivity index (χ3n) is 1.88. The van der Waals surface area contributed by atoms with Crippen LogP contribution in [-0.4, -0.2) is 27.7 Å². The molecule has 1 N–H and O–H groups in total. The highest BCUT2D eigenvalue weighted by atomic mass is 32.1. The van der Waals surface area contributed by atoms with E-state index in [1.165, 1.54) is 11.3 Å². The highest BCUT2D eigenvalue weighted by Crippen LogP contribution is 2.17. The van der Waals surface area contributed by atoms with Gasteiger partial charge in [0, 0.05) is 6.20 Å². The molecule has 2 rings (SSSR count). The Morgan fingerprint density at radius 1 is 1.59 bits per heavy atom. The minimum Gasteiger partial charge on any atom is -0.477 e. The number of rotatable bonds is 4. The average Bonchev–Trinajstić information content (AvgIpc) is 2.83. The predicted octanol–water partition coefficient (Wildman–Crippen LogP) is 1.58. The van der Waals surface area contributed by atoms with Crippen molar-refractivity contribution in [2.24, 2.45) is 0 Å². The lowest BCUT2D eigenvalue weighted by atomic mass is 10.2. The van der Waals surface area contributed by atoms with Crippen molar-refractivity contribution >= 4 is 22.4 Å². The number of carbonyl (C=O) groups is 1. The summed E-state index contributed by atoms with van der Waals surface area (Å²) in [5, 5.41) is 10.4. The molecule has 6 nitrogen and oxygen atoms in total. The zero-order chi connectivity index (χ0) is 12.1. The van der Waals surface area contributed by atoms with Gasteiger partial charge in [-0.25, -0.2) is 4.98 Å². The second-order valence-corrected chi connectivity index (χ2v) is 3.82. The van der Waals surface area contributed by atoms with Crippen LogP contribution in [-0.2, 0) is 0 Å². The van der Waals surface area contributed by atoms with Crippen LogP contribution < -0.4 is 10.1 Å². The zero-order valence-corrected chi connectivity index (χ0v) is 9.90. The van der Waals surface area contributed by atoms with E-state index in [9.17, 15) is 4.79 Å². The lowest BCUT2D eigenvalue weighted by molar-refractivity contribution is 0.102.